The fourth-order valence-electron chi connectivity index (χ4n) is 2.73. The van der Waals surface area contributed by atoms with Gasteiger partial charge in [0.05, 0.1) is 11.6 Å². The number of amides is 4. The van der Waals surface area contributed by atoms with E-state index in [1.54, 1.807) is 0 Å². The number of rotatable bonds is 2. The molecule has 0 atom stereocenters. The van der Waals surface area contributed by atoms with Crippen molar-refractivity contribution >= 4 is 23.5 Å². The van der Waals surface area contributed by atoms with Gasteiger partial charge >= 0.3 is 12.2 Å². The molecule has 6 nitrogen and oxygen atoms in total. The summed E-state index contributed by atoms with van der Waals surface area (Å²) < 4.78 is 37.4. The molecule has 0 radical (unpaired) electrons. The summed E-state index contributed by atoms with van der Waals surface area (Å²) in [5.41, 5.74) is -0.555. The maximum Gasteiger partial charge on any atom is 0.416 e. The van der Waals surface area contributed by atoms with Gasteiger partial charge in [-0.3, -0.25) is 14.5 Å². The minimum atomic E-state index is -4.43. The zero-order valence-electron chi connectivity index (χ0n) is 12.5. The molecule has 2 saturated heterocycles. The highest BCUT2D eigenvalue weighted by Crippen LogP contribution is 2.30. The first-order valence-electron chi connectivity index (χ1n) is 7.34. The molecular weight excluding hydrogens is 327 g/mol. The van der Waals surface area contributed by atoms with Crippen LogP contribution in [0.5, 0.6) is 0 Å². The van der Waals surface area contributed by atoms with Gasteiger partial charge in [0.2, 0.25) is 11.8 Å². The van der Waals surface area contributed by atoms with E-state index < -0.39 is 17.8 Å². The number of benzene rings is 1. The van der Waals surface area contributed by atoms with Gasteiger partial charge in [-0.2, -0.15) is 13.2 Å². The van der Waals surface area contributed by atoms with Crippen molar-refractivity contribution in [2.45, 2.75) is 25.1 Å². The van der Waals surface area contributed by atoms with E-state index in [0.717, 1.165) is 12.1 Å². The number of nitrogens with zero attached hydrogens (tertiary/aromatic N) is 2. The number of urea groups is 1. The van der Waals surface area contributed by atoms with Crippen LogP contribution in [0.15, 0.2) is 24.3 Å². The van der Waals surface area contributed by atoms with Crippen LogP contribution in [0.2, 0.25) is 0 Å². The molecule has 0 aromatic heterocycles. The number of hydrogen-bond donors (Lipinski definition) is 1. The van der Waals surface area contributed by atoms with Gasteiger partial charge in [-0.15, -0.1) is 0 Å². The third kappa shape index (κ3) is 3.06. The SMILES string of the molecule is O=C(Nc1ccc(C(F)(F)F)cc1)N1CC(N2C(=O)CCC2=O)C1. The fourth-order valence-corrected chi connectivity index (χ4v) is 2.73. The summed E-state index contributed by atoms with van der Waals surface area (Å²) in [6.45, 7) is 0.452. The van der Waals surface area contributed by atoms with E-state index in [1.165, 1.54) is 21.9 Å². The standard InChI is InChI=1S/C15H14F3N3O3/c16-15(17,18)9-1-3-10(4-2-9)19-14(24)20-7-11(8-20)21-12(22)5-6-13(21)23/h1-4,11H,5-8H2,(H,19,24). The molecule has 1 aromatic rings. The molecule has 0 saturated carbocycles. The van der Waals surface area contributed by atoms with Gasteiger partial charge in [0.25, 0.3) is 0 Å². The van der Waals surface area contributed by atoms with Gasteiger partial charge in [0, 0.05) is 31.6 Å². The summed E-state index contributed by atoms with van der Waals surface area (Å²) in [5, 5.41) is 2.49. The second-order valence-electron chi connectivity index (χ2n) is 5.72. The van der Waals surface area contributed by atoms with Crippen LogP contribution in [-0.4, -0.2) is 46.8 Å². The van der Waals surface area contributed by atoms with E-state index in [0.29, 0.717) is 0 Å². The zero-order valence-corrected chi connectivity index (χ0v) is 12.5. The van der Waals surface area contributed by atoms with Gasteiger partial charge < -0.3 is 10.2 Å². The van der Waals surface area contributed by atoms with Crippen molar-refractivity contribution < 1.29 is 27.6 Å². The van der Waals surface area contributed by atoms with Crippen LogP contribution in [0.3, 0.4) is 0 Å². The lowest BCUT2D eigenvalue weighted by molar-refractivity contribution is -0.144. The summed E-state index contributed by atoms with van der Waals surface area (Å²) in [4.78, 5) is 37.8. The molecule has 2 aliphatic heterocycles. The highest BCUT2D eigenvalue weighted by molar-refractivity contribution is 6.02. The van der Waals surface area contributed by atoms with E-state index in [4.69, 9.17) is 0 Å². The highest BCUT2D eigenvalue weighted by atomic mass is 19.4. The van der Waals surface area contributed by atoms with Crippen LogP contribution in [0.1, 0.15) is 18.4 Å². The van der Waals surface area contributed by atoms with Crippen LogP contribution in [0.4, 0.5) is 23.7 Å². The Morgan fingerprint density at radius 1 is 1.04 bits per heavy atom. The molecule has 0 unspecified atom stereocenters. The molecule has 0 bridgehead atoms. The monoisotopic (exact) mass is 341 g/mol. The minimum Gasteiger partial charge on any atom is -0.320 e. The molecule has 2 fully saturated rings. The highest BCUT2D eigenvalue weighted by Gasteiger charge is 2.42. The van der Waals surface area contributed by atoms with Crippen LogP contribution < -0.4 is 5.32 Å². The summed E-state index contributed by atoms with van der Waals surface area (Å²) in [6.07, 6.45) is -4.03. The lowest BCUT2D eigenvalue weighted by atomic mass is 10.1. The average Bonchev–Trinajstić information content (AvgIpc) is 2.77. The van der Waals surface area contributed by atoms with Crippen molar-refractivity contribution in [3.05, 3.63) is 29.8 Å². The van der Waals surface area contributed by atoms with E-state index >= 15 is 0 Å². The Morgan fingerprint density at radius 3 is 2.08 bits per heavy atom. The van der Waals surface area contributed by atoms with Gasteiger partial charge in [0.15, 0.2) is 0 Å². The van der Waals surface area contributed by atoms with Crippen molar-refractivity contribution in [2.24, 2.45) is 0 Å². The van der Waals surface area contributed by atoms with Gasteiger partial charge in [-0.1, -0.05) is 0 Å². The smallest absolute Gasteiger partial charge is 0.320 e. The summed E-state index contributed by atoms with van der Waals surface area (Å²) in [5.74, 6) is -0.458. The molecule has 4 amide bonds. The minimum absolute atomic E-state index is 0.201. The molecule has 128 valence electrons. The van der Waals surface area contributed by atoms with Gasteiger partial charge in [-0.25, -0.2) is 4.79 Å². The van der Waals surface area contributed by atoms with Crippen LogP contribution >= 0.6 is 0 Å². The summed E-state index contributed by atoms with van der Waals surface area (Å²) in [6, 6.07) is 3.32. The number of halogens is 3. The molecule has 3 rings (SSSR count). The number of imide groups is 1. The number of carbonyl (C=O) groups excluding carboxylic acids is 3. The second kappa shape index (κ2) is 5.81. The number of likely N-dealkylation sites (tertiary alicyclic amines) is 2. The average molecular weight is 341 g/mol. The number of nitrogens with one attached hydrogen (secondary N) is 1. The molecular formula is C15H14F3N3O3. The number of hydrogen-bond acceptors (Lipinski definition) is 3. The molecule has 0 aliphatic carbocycles. The Bertz CT molecular complexity index is 665. The Labute approximate surface area is 135 Å². The topological polar surface area (TPSA) is 69.7 Å². The van der Waals surface area contributed by atoms with E-state index in [1.807, 2.05) is 0 Å². The fraction of sp³-hybridized carbons (Fsp3) is 0.400. The first-order chi connectivity index (χ1) is 11.3. The van der Waals surface area contributed by atoms with Crippen LogP contribution in [0.25, 0.3) is 0 Å². The maximum atomic E-state index is 12.5. The predicted octanol–water partition coefficient (Wildman–Crippen LogP) is 2.07. The summed E-state index contributed by atoms with van der Waals surface area (Å²) >= 11 is 0. The quantitative estimate of drug-likeness (QED) is 0.837. The third-order valence-electron chi connectivity index (χ3n) is 4.07. The molecule has 24 heavy (non-hydrogen) atoms. The number of carbonyl (C=O) groups is 3. The Balaban J connectivity index is 1.54. The van der Waals surface area contributed by atoms with Crippen molar-refractivity contribution in [3.8, 4) is 0 Å². The lowest BCUT2D eigenvalue weighted by Crippen LogP contribution is -2.63. The molecule has 2 aliphatic rings. The molecule has 1 N–H and O–H groups in total. The van der Waals surface area contributed by atoms with E-state index in [9.17, 15) is 27.6 Å². The normalized spacial score (nSPS) is 18.8. The Kier molecular flexibility index (Phi) is 3.94. The molecule has 9 heteroatoms. The predicted molar refractivity (Wildman–Crippen MR) is 76.9 cm³/mol. The van der Waals surface area contributed by atoms with E-state index in [2.05, 4.69) is 5.32 Å². The zero-order chi connectivity index (χ0) is 17.5. The molecule has 0 spiro atoms. The first-order valence-corrected chi connectivity index (χ1v) is 7.34. The van der Waals surface area contributed by atoms with Crippen LogP contribution in [-0.2, 0) is 15.8 Å². The number of anilines is 1. The van der Waals surface area contributed by atoms with Gasteiger partial charge in [0.1, 0.15) is 0 Å². The van der Waals surface area contributed by atoms with E-state index in [-0.39, 0.29) is 49.5 Å². The largest absolute Gasteiger partial charge is 0.416 e. The molecule has 1 aromatic carbocycles. The van der Waals surface area contributed by atoms with Crippen LogP contribution in [0, 0.1) is 0 Å². The van der Waals surface area contributed by atoms with Crippen molar-refractivity contribution in [3.63, 3.8) is 0 Å². The van der Waals surface area contributed by atoms with Crippen molar-refractivity contribution in [1.29, 1.82) is 0 Å². The summed E-state index contributed by atoms with van der Waals surface area (Å²) in [7, 11) is 0. The first kappa shape index (κ1) is 16.3. The second-order valence-corrected chi connectivity index (χ2v) is 5.72. The van der Waals surface area contributed by atoms with Gasteiger partial charge in [-0.05, 0) is 24.3 Å². The third-order valence-corrected chi connectivity index (χ3v) is 4.07. The molecule has 2 heterocycles. The Hall–Kier alpha value is -2.58. The Morgan fingerprint density at radius 2 is 1.58 bits per heavy atom. The van der Waals surface area contributed by atoms with Crippen molar-refractivity contribution in [1.82, 2.24) is 9.80 Å². The van der Waals surface area contributed by atoms with Crippen molar-refractivity contribution in [2.75, 3.05) is 18.4 Å². The maximum absolute atomic E-state index is 12.5. The number of alkyl halides is 3. The lowest BCUT2D eigenvalue weighted by Gasteiger charge is -2.42.